The zero-order valence-corrected chi connectivity index (χ0v) is 17.2. The Morgan fingerprint density at radius 1 is 1.07 bits per heavy atom. The maximum absolute atomic E-state index is 14.1. The zero-order chi connectivity index (χ0) is 20.4. The monoisotopic (exact) mass is 470 g/mol. The predicted octanol–water partition coefficient (Wildman–Crippen LogP) is 6.82. The summed E-state index contributed by atoms with van der Waals surface area (Å²) in [6, 6.07) is 18.4. The van der Waals surface area contributed by atoms with Crippen LogP contribution in [0.4, 0.5) is 10.1 Å². The van der Waals surface area contributed by atoms with Crippen LogP contribution in [-0.4, -0.2) is 10.9 Å². The van der Waals surface area contributed by atoms with Gasteiger partial charge in [-0.2, -0.15) is 0 Å². The first-order valence-corrected chi connectivity index (χ1v) is 9.76. The van der Waals surface area contributed by atoms with Gasteiger partial charge in [0.05, 0.1) is 17.4 Å². The van der Waals surface area contributed by atoms with Gasteiger partial charge < -0.3 is 9.73 Å². The number of carbonyl (C=O) groups excluding carboxylic acids is 1. The third-order valence-corrected chi connectivity index (χ3v) is 4.96. The van der Waals surface area contributed by atoms with E-state index in [0.29, 0.717) is 26.4 Å². The number of nitrogens with one attached hydrogen (secondary N) is 1. The number of hydrogen-bond acceptors (Lipinski definition) is 3. The Morgan fingerprint density at radius 3 is 2.59 bits per heavy atom. The van der Waals surface area contributed by atoms with Gasteiger partial charge in [-0.1, -0.05) is 39.7 Å². The van der Waals surface area contributed by atoms with Gasteiger partial charge in [0.1, 0.15) is 5.82 Å². The number of carbonyl (C=O) groups is 1. The van der Waals surface area contributed by atoms with Crippen molar-refractivity contribution in [1.29, 1.82) is 0 Å². The molecular weight excluding hydrogens is 459 g/mol. The molecule has 3 aromatic carbocycles. The van der Waals surface area contributed by atoms with Crippen molar-refractivity contribution in [3.05, 3.63) is 93.8 Å². The first-order valence-electron chi connectivity index (χ1n) is 8.59. The van der Waals surface area contributed by atoms with Crippen LogP contribution in [0.25, 0.3) is 22.8 Å². The lowest BCUT2D eigenvalue weighted by Gasteiger charge is -2.09. The molecule has 1 heterocycles. The van der Waals surface area contributed by atoms with Crippen LogP contribution in [-0.2, 0) is 0 Å². The van der Waals surface area contributed by atoms with Gasteiger partial charge in [-0.15, -0.1) is 0 Å². The Morgan fingerprint density at radius 2 is 1.83 bits per heavy atom. The van der Waals surface area contributed by atoms with E-state index in [1.165, 1.54) is 12.1 Å². The second kappa shape index (κ2) is 8.19. The van der Waals surface area contributed by atoms with Crippen molar-refractivity contribution in [1.82, 2.24) is 4.98 Å². The Balaban J connectivity index is 1.65. The summed E-state index contributed by atoms with van der Waals surface area (Å²) in [5, 5.41) is 3.21. The molecule has 0 atom stereocenters. The van der Waals surface area contributed by atoms with Gasteiger partial charge in [-0.3, -0.25) is 4.79 Å². The minimum atomic E-state index is -0.536. The molecule has 0 spiro atoms. The molecule has 4 rings (SSSR count). The molecule has 144 valence electrons. The molecule has 0 radical (unpaired) electrons. The minimum Gasteiger partial charge on any atom is -0.436 e. The number of hydrogen-bond donors (Lipinski definition) is 1. The number of anilines is 1. The highest BCUT2D eigenvalue weighted by molar-refractivity contribution is 9.10. The Bertz CT molecular complexity index is 1190. The highest BCUT2D eigenvalue weighted by atomic mass is 79.9. The van der Waals surface area contributed by atoms with E-state index in [0.717, 1.165) is 5.56 Å². The Kier molecular flexibility index (Phi) is 5.47. The fourth-order valence-corrected chi connectivity index (χ4v) is 3.25. The van der Waals surface area contributed by atoms with Crippen molar-refractivity contribution in [2.75, 3.05) is 5.32 Å². The smallest absolute Gasteiger partial charge is 0.256 e. The summed E-state index contributed by atoms with van der Waals surface area (Å²) < 4.78 is 20.5. The second-order valence-electron chi connectivity index (χ2n) is 6.16. The molecule has 1 aromatic heterocycles. The molecule has 1 amide bonds. The van der Waals surface area contributed by atoms with Crippen LogP contribution in [0.1, 0.15) is 10.4 Å². The SMILES string of the molecule is O=C(Nc1ccc(Br)cc1F)c1ccccc1-c1ncc(-c2ccc(Cl)cc2)o1. The standard InChI is InChI=1S/C22H13BrClFN2O2/c23-14-7-10-19(18(25)11-14)27-21(28)16-3-1-2-4-17(16)22-26-12-20(29-22)13-5-8-15(24)9-6-13/h1-12H,(H,27,28). The average molecular weight is 472 g/mol. The van der Waals surface area contributed by atoms with E-state index >= 15 is 0 Å². The third-order valence-electron chi connectivity index (χ3n) is 4.22. The van der Waals surface area contributed by atoms with Crippen LogP contribution in [0.3, 0.4) is 0 Å². The summed E-state index contributed by atoms with van der Waals surface area (Å²) in [5.41, 5.74) is 1.72. The minimum absolute atomic E-state index is 0.0854. The van der Waals surface area contributed by atoms with Crippen molar-refractivity contribution in [3.8, 4) is 22.8 Å². The van der Waals surface area contributed by atoms with Crippen LogP contribution in [0.2, 0.25) is 5.02 Å². The Hall–Kier alpha value is -2.96. The molecule has 0 aliphatic rings. The van der Waals surface area contributed by atoms with Crippen LogP contribution >= 0.6 is 27.5 Å². The van der Waals surface area contributed by atoms with Crippen molar-refractivity contribution in [2.24, 2.45) is 0 Å². The van der Waals surface area contributed by atoms with Crippen molar-refractivity contribution >= 4 is 39.1 Å². The molecular formula is C22H13BrClFN2O2. The predicted molar refractivity (Wildman–Crippen MR) is 114 cm³/mol. The average Bonchev–Trinajstić information content (AvgIpc) is 3.20. The number of halogens is 3. The van der Waals surface area contributed by atoms with Gasteiger partial charge >= 0.3 is 0 Å². The fourth-order valence-electron chi connectivity index (χ4n) is 2.79. The van der Waals surface area contributed by atoms with E-state index in [1.807, 2.05) is 12.1 Å². The van der Waals surface area contributed by atoms with Crippen molar-refractivity contribution in [2.45, 2.75) is 0 Å². The zero-order valence-electron chi connectivity index (χ0n) is 14.8. The number of aromatic nitrogens is 1. The first-order chi connectivity index (χ1) is 14.0. The summed E-state index contributed by atoms with van der Waals surface area (Å²) >= 11 is 9.12. The Labute approximate surface area is 179 Å². The molecule has 0 aliphatic heterocycles. The number of amides is 1. The summed E-state index contributed by atoms with van der Waals surface area (Å²) in [4.78, 5) is 17.1. The molecule has 4 aromatic rings. The summed E-state index contributed by atoms with van der Waals surface area (Å²) in [5.74, 6) is -0.165. The number of oxazole rings is 1. The summed E-state index contributed by atoms with van der Waals surface area (Å²) in [7, 11) is 0. The molecule has 0 fully saturated rings. The van der Waals surface area contributed by atoms with Crippen molar-refractivity contribution in [3.63, 3.8) is 0 Å². The molecule has 0 saturated carbocycles. The largest absolute Gasteiger partial charge is 0.436 e. The molecule has 0 bridgehead atoms. The van der Waals surface area contributed by atoms with Crippen LogP contribution in [0.5, 0.6) is 0 Å². The molecule has 0 aliphatic carbocycles. The molecule has 29 heavy (non-hydrogen) atoms. The highest BCUT2D eigenvalue weighted by Gasteiger charge is 2.18. The fraction of sp³-hybridized carbons (Fsp3) is 0. The van der Waals surface area contributed by atoms with Gasteiger partial charge in [-0.25, -0.2) is 9.37 Å². The lowest BCUT2D eigenvalue weighted by molar-refractivity contribution is 0.102. The van der Waals surface area contributed by atoms with Crippen molar-refractivity contribution < 1.29 is 13.6 Å². The lowest BCUT2D eigenvalue weighted by Crippen LogP contribution is -2.14. The second-order valence-corrected chi connectivity index (χ2v) is 7.51. The number of rotatable bonds is 4. The number of nitrogens with zero attached hydrogens (tertiary/aromatic N) is 1. The lowest BCUT2D eigenvalue weighted by atomic mass is 10.1. The third kappa shape index (κ3) is 4.23. The van der Waals surface area contributed by atoms with Crippen LogP contribution < -0.4 is 5.32 Å². The molecule has 1 N–H and O–H groups in total. The van der Waals surface area contributed by atoms with E-state index in [1.54, 1.807) is 48.7 Å². The quantitative estimate of drug-likeness (QED) is 0.355. The van der Waals surface area contributed by atoms with Gasteiger partial charge in [-0.05, 0) is 54.6 Å². The summed E-state index contributed by atoms with van der Waals surface area (Å²) in [6.45, 7) is 0. The molecule has 0 unspecified atom stereocenters. The molecule has 0 saturated heterocycles. The maximum Gasteiger partial charge on any atom is 0.256 e. The van der Waals surface area contributed by atoms with E-state index in [-0.39, 0.29) is 11.6 Å². The normalized spacial score (nSPS) is 10.7. The van der Waals surface area contributed by atoms with Gasteiger partial charge in [0.15, 0.2) is 5.76 Å². The van der Waals surface area contributed by atoms with Gasteiger partial charge in [0.25, 0.3) is 5.91 Å². The van der Waals surface area contributed by atoms with E-state index in [2.05, 4.69) is 26.2 Å². The highest BCUT2D eigenvalue weighted by Crippen LogP contribution is 2.29. The molecule has 7 heteroatoms. The first kappa shape index (κ1) is 19.4. The van der Waals surface area contributed by atoms with Gasteiger partial charge in [0.2, 0.25) is 5.89 Å². The summed E-state index contributed by atoms with van der Waals surface area (Å²) in [6.07, 6.45) is 1.58. The molecule has 4 nitrogen and oxygen atoms in total. The van der Waals surface area contributed by atoms with E-state index < -0.39 is 11.7 Å². The van der Waals surface area contributed by atoms with E-state index in [9.17, 15) is 9.18 Å². The topological polar surface area (TPSA) is 55.1 Å². The van der Waals surface area contributed by atoms with E-state index in [4.69, 9.17) is 16.0 Å². The van der Waals surface area contributed by atoms with Crippen LogP contribution in [0, 0.1) is 5.82 Å². The van der Waals surface area contributed by atoms with Gasteiger partial charge in [0, 0.05) is 20.6 Å². The number of benzene rings is 3. The maximum atomic E-state index is 14.1. The van der Waals surface area contributed by atoms with Crippen LogP contribution in [0.15, 0.2) is 81.8 Å².